The summed E-state index contributed by atoms with van der Waals surface area (Å²) in [5, 5.41) is 12.8. The van der Waals surface area contributed by atoms with Crippen molar-refractivity contribution in [3.8, 4) is 0 Å². The standard InChI is InChI=1S/C9H15N3O/c1-2-12-5-8(11-6-12)7-3-10-4-9(7)13/h5-7,9-10,13H,2-4H2,1H3. The molecule has 1 aromatic rings. The van der Waals surface area contributed by atoms with E-state index in [2.05, 4.69) is 17.2 Å². The second-order valence-corrected chi connectivity index (χ2v) is 3.46. The Morgan fingerprint density at radius 2 is 2.54 bits per heavy atom. The van der Waals surface area contributed by atoms with E-state index in [1.807, 2.05) is 17.1 Å². The van der Waals surface area contributed by atoms with Crippen molar-refractivity contribution < 1.29 is 5.11 Å². The molecule has 13 heavy (non-hydrogen) atoms. The molecule has 72 valence electrons. The lowest BCUT2D eigenvalue weighted by Crippen LogP contribution is -2.16. The number of β-amino-alcohol motifs (C(OH)–C–C–N with tert-alkyl or cyclic N) is 1. The summed E-state index contributed by atoms with van der Waals surface area (Å²) in [4.78, 5) is 4.28. The van der Waals surface area contributed by atoms with E-state index >= 15 is 0 Å². The van der Waals surface area contributed by atoms with Crippen molar-refractivity contribution in [1.29, 1.82) is 0 Å². The Balaban J connectivity index is 2.15. The molecule has 0 radical (unpaired) electrons. The topological polar surface area (TPSA) is 50.1 Å². The van der Waals surface area contributed by atoms with Gasteiger partial charge in [-0.1, -0.05) is 0 Å². The molecule has 0 aromatic carbocycles. The number of aliphatic hydroxyl groups excluding tert-OH is 1. The maximum atomic E-state index is 9.61. The quantitative estimate of drug-likeness (QED) is 0.672. The SMILES string of the molecule is CCn1cnc(C2CNCC2O)c1. The third-order valence-corrected chi connectivity index (χ3v) is 2.58. The number of nitrogens with one attached hydrogen (secondary N) is 1. The van der Waals surface area contributed by atoms with Gasteiger partial charge in [0.05, 0.1) is 18.1 Å². The lowest BCUT2D eigenvalue weighted by Gasteiger charge is -2.09. The zero-order valence-electron chi connectivity index (χ0n) is 7.77. The number of aromatic nitrogens is 2. The molecule has 4 nitrogen and oxygen atoms in total. The van der Waals surface area contributed by atoms with Gasteiger partial charge < -0.3 is 15.0 Å². The molecule has 0 bridgehead atoms. The fraction of sp³-hybridized carbons (Fsp3) is 0.667. The predicted molar refractivity (Wildman–Crippen MR) is 49.5 cm³/mol. The number of hydrogen-bond donors (Lipinski definition) is 2. The average molecular weight is 181 g/mol. The molecule has 1 aliphatic rings. The van der Waals surface area contributed by atoms with Crippen molar-refractivity contribution in [3.63, 3.8) is 0 Å². The summed E-state index contributed by atoms with van der Waals surface area (Å²) in [6.45, 7) is 4.53. The number of nitrogens with zero attached hydrogens (tertiary/aromatic N) is 2. The van der Waals surface area contributed by atoms with Gasteiger partial charge in [0.1, 0.15) is 0 Å². The van der Waals surface area contributed by atoms with E-state index in [-0.39, 0.29) is 12.0 Å². The Kier molecular flexibility index (Phi) is 2.33. The summed E-state index contributed by atoms with van der Waals surface area (Å²) in [6, 6.07) is 0. The number of imidazole rings is 1. The summed E-state index contributed by atoms with van der Waals surface area (Å²) in [6.07, 6.45) is 3.56. The fourth-order valence-electron chi connectivity index (χ4n) is 1.71. The van der Waals surface area contributed by atoms with Crippen LogP contribution in [0.2, 0.25) is 0 Å². The van der Waals surface area contributed by atoms with Crippen molar-refractivity contribution in [2.45, 2.75) is 25.5 Å². The van der Waals surface area contributed by atoms with Crippen LogP contribution in [0.3, 0.4) is 0 Å². The number of aryl methyl sites for hydroxylation is 1. The minimum Gasteiger partial charge on any atom is -0.391 e. The van der Waals surface area contributed by atoms with Crippen LogP contribution in [0.15, 0.2) is 12.5 Å². The first-order valence-electron chi connectivity index (χ1n) is 4.71. The first-order chi connectivity index (χ1) is 6.31. The van der Waals surface area contributed by atoms with Gasteiger partial charge in [0.25, 0.3) is 0 Å². The van der Waals surface area contributed by atoms with Gasteiger partial charge in [0.2, 0.25) is 0 Å². The average Bonchev–Trinajstić information content (AvgIpc) is 2.71. The molecule has 0 amide bonds. The van der Waals surface area contributed by atoms with Crippen molar-refractivity contribution in [2.24, 2.45) is 0 Å². The highest BCUT2D eigenvalue weighted by Crippen LogP contribution is 2.20. The molecular weight excluding hydrogens is 166 g/mol. The number of aliphatic hydroxyl groups is 1. The zero-order chi connectivity index (χ0) is 9.26. The highest BCUT2D eigenvalue weighted by molar-refractivity contribution is 5.10. The lowest BCUT2D eigenvalue weighted by atomic mass is 10.0. The summed E-state index contributed by atoms with van der Waals surface area (Å²) < 4.78 is 2.03. The Hall–Kier alpha value is -0.870. The minimum absolute atomic E-state index is 0.174. The zero-order valence-corrected chi connectivity index (χ0v) is 7.77. The normalized spacial score (nSPS) is 28.2. The largest absolute Gasteiger partial charge is 0.391 e. The van der Waals surface area contributed by atoms with Crippen molar-refractivity contribution in [1.82, 2.24) is 14.9 Å². The third-order valence-electron chi connectivity index (χ3n) is 2.58. The maximum Gasteiger partial charge on any atom is 0.0949 e. The van der Waals surface area contributed by atoms with E-state index in [1.54, 1.807) is 0 Å². The van der Waals surface area contributed by atoms with Crippen LogP contribution in [0.4, 0.5) is 0 Å². The van der Waals surface area contributed by atoms with Crippen LogP contribution in [0, 0.1) is 0 Å². The van der Waals surface area contributed by atoms with E-state index in [9.17, 15) is 5.11 Å². The molecule has 2 N–H and O–H groups in total. The molecule has 1 saturated heterocycles. The van der Waals surface area contributed by atoms with Gasteiger partial charge in [0.15, 0.2) is 0 Å². The van der Waals surface area contributed by atoms with Crippen LogP contribution in [0.5, 0.6) is 0 Å². The van der Waals surface area contributed by atoms with Gasteiger partial charge >= 0.3 is 0 Å². The Morgan fingerprint density at radius 1 is 1.69 bits per heavy atom. The van der Waals surface area contributed by atoms with E-state index in [4.69, 9.17) is 0 Å². The molecule has 0 aliphatic carbocycles. The molecule has 4 heteroatoms. The molecule has 1 aromatic heterocycles. The Morgan fingerprint density at radius 3 is 3.08 bits per heavy atom. The second kappa shape index (κ2) is 3.47. The fourth-order valence-corrected chi connectivity index (χ4v) is 1.71. The summed E-state index contributed by atoms with van der Waals surface area (Å²) in [5.41, 5.74) is 0.999. The van der Waals surface area contributed by atoms with Gasteiger partial charge in [0, 0.05) is 31.7 Å². The molecule has 0 saturated carbocycles. The highest BCUT2D eigenvalue weighted by Gasteiger charge is 2.27. The smallest absolute Gasteiger partial charge is 0.0949 e. The van der Waals surface area contributed by atoms with Crippen LogP contribution in [0.1, 0.15) is 18.5 Å². The Labute approximate surface area is 77.6 Å². The highest BCUT2D eigenvalue weighted by atomic mass is 16.3. The molecule has 1 aliphatic heterocycles. The lowest BCUT2D eigenvalue weighted by molar-refractivity contribution is 0.176. The molecule has 1 fully saturated rings. The third kappa shape index (κ3) is 1.59. The monoisotopic (exact) mass is 181 g/mol. The molecule has 2 heterocycles. The molecule has 0 spiro atoms. The number of hydrogen-bond acceptors (Lipinski definition) is 3. The van der Waals surface area contributed by atoms with Gasteiger partial charge in [-0.25, -0.2) is 4.98 Å². The van der Waals surface area contributed by atoms with Crippen LogP contribution in [-0.4, -0.2) is 33.9 Å². The minimum atomic E-state index is -0.278. The van der Waals surface area contributed by atoms with Gasteiger partial charge in [-0.05, 0) is 6.92 Å². The predicted octanol–water partition coefficient (Wildman–Crippen LogP) is -0.0493. The Bertz CT molecular complexity index is 284. The molecular formula is C9H15N3O. The van der Waals surface area contributed by atoms with Crippen molar-refractivity contribution in [3.05, 3.63) is 18.2 Å². The van der Waals surface area contributed by atoms with E-state index in [0.717, 1.165) is 18.8 Å². The number of rotatable bonds is 2. The van der Waals surface area contributed by atoms with Crippen LogP contribution < -0.4 is 5.32 Å². The molecule has 2 atom stereocenters. The molecule has 2 rings (SSSR count). The van der Waals surface area contributed by atoms with Crippen molar-refractivity contribution >= 4 is 0 Å². The first-order valence-corrected chi connectivity index (χ1v) is 4.71. The second-order valence-electron chi connectivity index (χ2n) is 3.46. The van der Waals surface area contributed by atoms with E-state index in [1.165, 1.54) is 0 Å². The maximum absolute atomic E-state index is 9.61. The van der Waals surface area contributed by atoms with Crippen LogP contribution >= 0.6 is 0 Å². The van der Waals surface area contributed by atoms with E-state index < -0.39 is 0 Å². The summed E-state index contributed by atoms with van der Waals surface area (Å²) in [5.74, 6) is 0.174. The van der Waals surface area contributed by atoms with Gasteiger partial charge in [-0.15, -0.1) is 0 Å². The van der Waals surface area contributed by atoms with Crippen LogP contribution in [-0.2, 0) is 6.54 Å². The van der Waals surface area contributed by atoms with Gasteiger partial charge in [-0.3, -0.25) is 0 Å². The summed E-state index contributed by atoms with van der Waals surface area (Å²) in [7, 11) is 0. The first kappa shape index (κ1) is 8.72. The van der Waals surface area contributed by atoms with Gasteiger partial charge in [-0.2, -0.15) is 0 Å². The molecule has 2 unspecified atom stereocenters. The van der Waals surface area contributed by atoms with Crippen LogP contribution in [0.25, 0.3) is 0 Å². The van der Waals surface area contributed by atoms with Crippen molar-refractivity contribution in [2.75, 3.05) is 13.1 Å². The van der Waals surface area contributed by atoms with E-state index in [0.29, 0.717) is 6.54 Å². The summed E-state index contributed by atoms with van der Waals surface area (Å²) >= 11 is 0.